The van der Waals surface area contributed by atoms with E-state index < -0.39 is 64.0 Å². The number of Topliss-reactive ketones (excluding diaryl/α,β-unsaturated/α-hetero) is 2. The molecule has 3 aliphatic carbocycles. The number of aliphatic hydroxyl groups is 3. The molecule has 0 spiro atoms. The van der Waals surface area contributed by atoms with Crippen molar-refractivity contribution in [1.82, 2.24) is 4.90 Å². The minimum Gasteiger partial charge on any atom is -0.508 e. The Morgan fingerprint density at radius 3 is 2.47 bits per heavy atom. The summed E-state index contributed by atoms with van der Waals surface area (Å²) in [5, 5.41) is 43.7. The molecule has 0 radical (unpaired) electrons. The number of amides is 1. The van der Waals surface area contributed by atoms with Gasteiger partial charge in [0.2, 0.25) is 5.78 Å². The van der Waals surface area contributed by atoms with Crippen LogP contribution in [-0.4, -0.2) is 68.5 Å². The summed E-state index contributed by atoms with van der Waals surface area (Å²) in [6.45, 7) is 3.84. The van der Waals surface area contributed by atoms with Crippen molar-refractivity contribution < 1.29 is 34.8 Å². The highest BCUT2D eigenvalue weighted by atomic mass is 16.3. The topological polar surface area (TPSA) is 161 Å². The Balaban J connectivity index is 2.04. The lowest BCUT2D eigenvalue weighted by molar-refractivity contribution is -0.154. The molecule has 5 atom stereocenters. The highest BCUT2D eigenvalue weighted by Gasteiger charge is 2.64. The summed E-state index contributed by atoms with van der Waals surface area (Å²) in [6, 6.07) is 3.52. The predicted octanol–water partition coefficient (Wildman–Crippen LogP) is 0.691. The molecular weight excluding hydrogens is 416 g/mol. The molecule has 4 rings (SSSR count). The summed E-state index contributed by atoms with van der Waals surface area (Å²) in [5.41, 5.74) is 2.18. The van der Waals surface area contributed by atoms with Gasteiger partial charge in [-0.2, -0.15) is 0 Å². The molecule has 0 saturated heterocycles. The van der Waals surface area contributed by atoms with E-state index >= 15 is 0 Å². The molecule has 9 heteroatoms. The molecular formula is C23H24N2O7. The third-order valence-electron chi connectivity index (χ3n) is 6.92. The minimum atomic E-state index is -2.65. The fourth-order valence-electron chi connectivity index (χ4n) is 5.56. The number of rotatable bonds is 3. The number of nitrogens with zero attached hydrogens (tertiary/aromatic N) is 1. The van der Waals surface area contributed by atoms with Crippen LogP contribution in [0.5, 0.6) is 5.75 Å². The monoisotopic (exact) mass is 440 g/mol. The summed E-state index contributed by atoms with van der Waals surface area (Å²) in [7, 11) is 3.10. The van der Waals surface area contributed by atoms with Gasteiger partial charge in [0.05, 0.1) is 11.6 Å². The first-order chi connectivity index (χ1) is 15.0. The number of carbonyl (C=O) groups is 3. The van der Waals surface area contributed by atoms with Crippen molar-refractivity contribution >= 4 is 23.2 Å². The average molecular weight is 440 g/mol. The highest BCUT2D eigenvalue weighted by molar-refractivity contribution is 6.24. The lowest BCUT2D eigenvalue weighted by atomic mass is 9.55. The van der Waals surface area contributed by atoms with Crippen molar-refractivity contribution in [3.8, 4) is 5.75 Å². The second-order valence-electron chi connectivity index (χ2n) is 8.67. The number of fused-ring (bicyclic) bond motifs is 3. The SMILES string of the molecule is C=C[C@H]1c2cccc(O)c2C(O)=C2C(=O)[C@]3(O)C(O)=C(C(N)=O)C(=O)[C@@H](N(C)C)[C@@H]3C[C@@H]21. The number of primary amides is 1. The van der Waals surface area contributed by atoms with E-state index in [1.54, 1.807) is 32.3 Å². The standard InChI is InChI=1S/C23H24N2O7/c1-4-9-10-6-5-7-13(26)14(10)18(27)15-11(9)8-12-17(25(2)3)19(28)16(22(24)31)21(30)23(12,32)20(15)29/h4-7,9,11-12,17,26-27,30,32H,1,8H2,2-3H3,(H2,24,31)/t9-,11+,12-,17-,23-/m0/s1. The number of likely N-dealkylation sites (N-methyl/N-ethyl adjacent to an activating group) is 1. The van der Waals surface area contributed by atoms with Crippen LogP contribution < -0.4 is 5.73 Å². The number of aliphatic hydroxyl groups excluding tert-OH is 2. The molecule has 168 valence electrons. The van der Waals surface area contributed by atoms with Gasteiger partial charge in [-0.1, -0.05) is 18.2 Å². The maximum absolute atomic E-state index is 13.7. The summed E-state index contributed by atoms with van der Waals surface area (Å²) < 4.78 is 0. The van der Waals surface area contributed by atoms with E-state index in [2.05, 4.69) is 6.58 Å². The predicted molar refractivity (Wildman–Crippen MR) is 113 cm³/mol. The van der Waals surface area contributed by atoms with Crippen molar-refractivity contribution in [3.63, 3.8) is 0 Å². The number of ketones is 2. The van der Waals surface area contributed by atoms with Gasteiger partial charge in [0.25, 0.3) is 5.91 Å². The first-order valence-electron chi connectivity index (χ1n) is 10.1. The molecule has 1 amide bonds. The van der Waals surface area contributed by atoms with Crippen LogP contribution in [-0.2, 0) is 14.4 Å². The maximum Gasteiger partial charge on any atom is 0.255 e. The minimum absolute atomic E-state index is 0.0120. The van der Waals surface area contributed by atoms with Crippen LogP contribution in [0.1, 0.15) is 23.5 Å². The van der Waals surface area contributed by atoms with E-state index in [1.807, 2.05) is 0 Å². The number of carbonyl (C=O) groups excluding carboxylic acids is 3. The first-order valence-corrected chi connectivity index (χ1v) is 10.1. The van der Waals surface area contributed by atoms with Crippen molar-refractivity contribution in [2.24, 2.45) is 17.6 Å². The van der Waals surface area contributed by atoms with Gasteiger partial charge in [0.15, 0.2) is 11.4 Å². The Hall–Kier alpha value is -3.43. The molecule has 1 fully saturated rings. The Morgan fingerprint density at radius 2 is 1.91 bits per heavy atom. The van der Waals surface area contributed by atoms with E-state index in [0.717, 1.165) is 0 Å². The van der Waals surface area contributed by atoms with E-state index in [4.69, 9.17) is 5.73 Å². The number of phenolic OH excluding ortho intramolecular Hbond substituents is 1. The van der Waals surface area contributed by atoms with Gasteiger partial charge in [-0.25, -0.2) is 0 Å². The van der Waals surface area contributed by atoms with Crippen LogP contribution in [0.25, 0.3) is 5.76 Å². The molecule has 1 saturated carbocycles. The zero-order valence-electron chi connectivity index (χ0n) is 17.6. The Labute approximate surface area is 183 Å². The molecule has 0 aromatic heterocycles. The number of hydrogen-bond acceptors (Lipinski definition) is 8. The van der Waals surface area contributed by atoms with E-state index in [9.17, 15) is 34.8 Å². The fraction of sp³-hybridized carbons (Fsp3) is 0.348. The van der Waals surface area contributed by atoms with Crippen LogP contribution in [0.15, 0.2) is 47.8 Å². The van der Waals surface area contributed by atoms with E-state index in [-0.39, 0.29) is 23.3 Å². The Kier molecular flexibility index (Phi) is 4.80. The average Bonchev–Trinajstić information content (AvgIpc) is 2.70. The molecule has 3 aliphatic rings. The zero-order valence-corrected chi connectivity index (χ0v) is 17.6. The van der Waals surface area contributed by atoms with Gasteiger partial charge in [-0.3, -0.25) is 19.3 Å². The summed E-state index contributed by atoms with van der Waals surface area (Å²) in [6.07, 6.45) is 1.59. The third kappa shape index (κ3) is 2.55. The highest BCUT2D eigenvalue weighted by Crippen LogP contribution is 2.56. The van der Waals surface area contributed by atoms with Gasteiger partial charge in [-0.05, 0) is 32.1 Å². The van der Waals surface area contributed by atoms with Crippen LogP contribution >= 0.6 is 0 Å². The molecule has 9 nitrogen and oxygen atoms in total. The molecule has 0 bridgehead atoms. The van der Waals surface area contributed by atoms with Crippen LogP contribution in [0.3, 0.4) is 0 Å². The van der Waals surface area contributed by atoms with Crippen molar-refractivity contribution in [2.75, 3.05) is 14.1 Å². The zero-order chi connectivity index (χ0) is 23.7. The third-order valence-corrected chi connectivity index (χ3v) is 6.92. The lowest BCUT2D eigenvalue weighted by Gasteiger charge is -2.51. The van der Waals surface area contributed by atoms with Crippen LogP contribution in [0.4, 0.5) is 0 Å². The molecule has 0 aliphatic heterocycles. The second kappa shape index (κ2) is 7.04. The molecule has 0 heterocycles. The van der Waals surface area contributed by atoms with Crippen molar-refractivity contribution in [1.29, 1.82) is 0 Å². The summed E-state index contributed by atoms with van der Waals surface area (Å²) in [5.74, 6) is -7.32. The smallest absolute Gasteiger partial charge is 0.255 e. The van der Waals surface area contributed by atoms with Gasteiger partial charge in [0, 0.05) is 23.3 Å². The van der Waals surface area contributed by atoms with Crippen LogP contribution in [0, 0.1) is 11.8 Å². The van der Waals surface area contributed by atoms with Gasteiger partial charge in [0.1, 0.15) is 22.8 Å². The van der Waals surface area contributed by atoms with E-state index in [1.165, 1.54) is 11.0 Å². The molecule has 32 heavy (non-hydrogen) atoms. The van der Waals surface area contributed by atoms with Crippen molar-refractivity contribution in [3.05, 3.63) is 58.9 Å². The number of benzene rings is 1. The van der Waals surface area contributed by atoms with Crippen molar-refractivity contribution in [2.45, 2.75) is 24.0 Å². The molecule has 6 N–H and O–H groups in total. The van der Waals surface area contributed by atoms with Gasteiger partial charge < -0.3 is 26.2 Å². The number of aromatic hydroxyl groups is 1. The van der Waals surface area contributed by atoms with Gasteiger partial charge >= 0.3 is 0 Å². The maximum atomic E-state index is 13.7. The molecule has 0 unspecified atom stereocenters. The normalized spacial score (nSPS) is 31.9. The lowest BCUT2D eigenvalue weighted by Crippen LogP contribution is -2.66. The second-order valence-corrected chi connectivity index (χ2v) is 8.67. The first kappa shape index (κ1) is 21.8. The fourth-order valence-corrected chi connectivity index (χ4v) is 5.56. The summed E-state index contributed by atoms with van der Waals surface area (Å²) in [4.78, 5) is 40.2. The van der Waals surface area contributed by atoms with E-state index in [0.29, 0.717) is 5.56 Å². The number of phenols is 1. The quantitative estimate of drug-likeness (QED) is 0.339. The summed E-state index contributed by atoms with van der Waals surface area (Å²) >= 11 is 0. The number of nitrogens with two attached hydrogens (primary N) is 1. The van der Waals surface area contributed by atoms with Gasteiger partial charge in [-0.15, -0.1) is 6.58 Å². The Bertz CT molecular complexity index is 1150. The number of hydrogen-bond donors (Lipinski definition) is 5. The number of allylic oxidation sites excluding steroid dienone is 1. The largest absolute Gasteiger partial charge is 0.508 e. The molecule has 1 aromatic rings. The molecule has 1 aromatic carbocycles. The Morgan fingerprint density at radius 1 is 1.25 bits per heavy atom. The van der Waals surface area contributed by atoms with Crippen LogP contribution in [0.2, 0.25) is 0 Å².